The average molecular weight is 201 g/mol. The Morgan fingerprint density at radius 3 is 2.00 bits per heavy atom. The number of Topliss-reactive ketones (excluding diaryl/α,β-unsaturated/α-hetero) is 1. The fraction of sp³-hybridized carbons (Fsp3) is 0.667. The number of carbonyl (C=O) groups is 3. The summed E-state index contributed by atoms with van der Waals surface area (Å²) < 4.78 is 4.49. The van der Waals surface area contributed by atoms with E-state index in [1.807, 2.05) is 0 Å². The zero-order valence-corrected chi connectivity index (χ0v) is 8.79. The molecular weight excluding hydrogens is 186 g/mol. The smallest absolute Gasteiger partial charge is 0.328 e. The van der Waals surface area contributed by atoms with E-state index in [1.54, 1.807) is 13.8 Å². The van der Waals surface area contributed by atoms with Crippen LogP contribution in [0.15, 0.2) is 0 Å². The maximum atomic E-state index is 11.2. The van der Waals surface area contributed by atoms with Crippen LogP contribution < -0.4 is 5.32 Å². The van der Waals surface area contributed by atoms with Gasteiger partial charge in [-0.25, -0.2) is 4.79 Å². The highest BCUT2D eigenvalue weighted by Crippen LogP contribution is 2.03. The van der Waals surface area contributed by atoms with Gasteiger partial charge < -0.3 is 10.1 Å². The van der Waals surface area contributed by atoms with Gasteiger partial charge in [-0.1, -0.05) is 13.8 Å². The second kappa shape index (κ2) is 5.36. The van der Waals surface area contributed by atoms with Gasteiger partial charge in [0.05, 0.1) is 7.11 Å². The number of hydrogen-bond donors (Lipinski definition) is 1. The van der Waals surface area contributed by atoms with E-state index >= 15 is 0 Å². The molecule has 0 rings (SSSR count). The Labute approximate surface area is 82.8 Å². The highest BCUT2D eigenvalue weighted by molar-refractivity contribution is 6.35. The number of nitrogens with one attached hydrogen (secondary N) is 1. The van der Waals surface area contributed by atoms with Crippen molar-refractivity contribution in [3.63, 3.8) is 0 Å². The van der Waals surface area contributed by atoms with Crippen LogP contribution in [-0.4, -0.2) is 30.8 Å². The molecule has 0 aliphatic heterocycles. The third kappa shape index (κ3) is 3.55. The van der Waals surface area contributed by atoms with Crippen molar-refractivity contribution in [2.24, 2.45) is 5.92 Å². The van der Waals surface area contributed by atoms with Crippen LogP contribution in [0.4, 0.5) is 0 Å². The molecule has 1 atom stereocenters. The molecule has 0 bridgehead atoms. The second-order valence-electron chi connectivity index (χ2n) is 3.27. The first-order chi connectivity index (χ1) is 6.40. The SMILES string of the molecule is COC(=O)C(NC(=O)C(C)=O)C(C)C. The lowest BCUT2D eigenvalue weighted by atomic mass is 10.0. The lowest BCUT2D eigenvalue weighted by Gasteiger charge is -2.18. The molecule has 80 valence electrons. The summed E-state index contributed by atoms with van der Waals surface area (Å²) in [6, 6.07) is -0.767. The molecule has 0 aromatic heterocycles. The van der Waals surface area contributed by atoms with Gasteiger partial charge in [-0.15, -0.1) is 0 Å². The van der Waals surface area contributed by atoms with Crippen molar-refractivity contribution in [2.75, 3.05) is 7.11 Å². The molecule has 0 saturated carbocycles. The molecule has 0 aliphatic carbocycles. The number of hydrogen-bond acceptors (Lipinski definition) is 4. The van der Waals surface area contributed by atoms with E-state index in [-0.39, 0.29) is 5.92 Å². The van der Waals surface area contributed by atoms with Crippen LogP contribution in [0, 0.1) is 5.92 Å². The van der Waals surface area contributed by atoms with E-state index in [2.05, 4.69) is 10.1 Å². The Hall–Kier alpha value is -1.39. The van der Waals surface area contributed by atoms with Crippen LogP contribution in [0.2, 0.25) is 0 Å². The Kier molecular flexibility index (Phi) is 4.83. The molecule has 0 saturated heterocycles. The number of ether oxygens (including phenoxy) is 1. The van der Waals surface area contributed by atoms with Crippen molar-refractivity contribution < 1.29 is 19.1 Å². The molecule has 0 aromatic carbocycles. The number of esters is 1. The summed E-state index contributed by atoms with van der Waals surface area (Å²) in [5.74, 6) is -2.06. The third-order valence-corrected chi connectivity index (χ3v) is 1.73. The summed E-state index contributed by atoms with van der Waals surface area (Å²) in [7, 11) is 1.23. The quantitative estimate of drug-likeness (QED) is 0.508. The average Bonchev–Trinajstić information content (AvgIpc) is 2.11. The fourth-order valence-electron chi connectivity index (χ4n) is 0.868. The highest BCUT2D eigenvalue weighted by atomic mass is 16.5. The second-order valence-corrected chi connectivity index (χ2v) is 3.27. The minimum atomic E-state index is -0.769. The number of rotatable bonds is 4. The Morgan fingerprint density at radius 1 is 1.21 bits per heavy atom. The molecule has 0 spiro atoms. The largest absolute Gasteiger partial charge is 0.467 e. The molecule has 0 fully saturated rings. The van der Waals surface area contributed by atoms with Crippen molar-refractivity contribution in [3.05, 3.63) is 0 Å². The zero-order chi connectivity index (χ0) is 11.3. The van der Waals surface area contributed by atoms with Gasteiger partial charge in [0.25, 0.3) is 5.91 Å². The Balaban J connectivity index is 4.46. The number of methoxy groups -OCH3 is 1. The molecule has 5 heteroatoms. The monoisotopic (exact) mass is 201 g/mol. The predicted octanol–water partition coefficient (Wildman–Crippen LogP) is -0.111. The van der Waals surface area contributed by atoms with Crippen LogP contribution in [0.1, 0.15) is 20.8 Å². The van der Waals surface area contributed by atoms with Gasteiger partial charge in [-0.2, -0.15) is 0 Å². The molecule has 0 aromatic rings. The molecule has 0 aliphatic rings. The maximum Gasteiger partial charge on any atom is 0.328 e. The van der Waals surface area contributed by atoms with E-state index < -0.39 is 23.7 Å². The van der Waals surface area contributed by atoms with E-state index in [0.29, 0.717) is 0 Å². The van der Waals surface area contributed by atoms with Crippen LogP contribution in [-0.2, 0) is 19.1 Å². The van der Waals surface area contributed by atoms with Gasteiger partial charge in [-0.05, 0) is 5.92 Å². The van der Waals surface area contributed by atoms with Crippen LogP contribution in [0.5, 0.6) is 0 Å². The first-order valence-corrected chi connectivity index (χ1v) is 4.29. The molecule has 0 radical (unpaired) electrons. The molecule has 0 heterocycles. The number of carbonyl (C=O) groups excluding carboxylic acids is 3. The zero-order valence-electron chi connectivity index (χ0n) is 8.79. The van der Waals surface area contributed by atoms with Crippen molar-refractivity contribution in [1.29, 1.82) is 0 Å². The van der Waals surface area contributed by atoms with Crippen molar-refractivity contribution in [3.8, 4) is 0 Å². The van der Waals surface area contributed by atoms with Crippen LogP contribution in [0.25, 0.3) is 0 Å². The topological polar surface area (TPSA) is 72.5 Å². The molecule has 1 N–H and O–H groups in total. The van der Waals surface area contributed by atoms with Gasteiger partial charge in [0.15, 0.2) is 0 Å². The van der Waals surface area contributed by atoms with Gasteiger partial charge >= 0.3 is 5.97 Å². The van der Waals surface area contributed by atoms with E-state index in [4.69, 9.17) is 0 Å². The fourth-order valence-corrected chi connectivity index (χ4v) is 0.868. The normalized spacial score (nSPS) is 12.1. The van der Waals surface area contributed by atoms with E-state index in [1.165, 1.54) is 7.11 Å². The number of ketones is 1. The lowest BCUT2D eigenvalue weighted by molar-refractivity contribution is -0.147. The minimum Gasteiger partial charge on any atom is -0.467 e. The summed E-state index contributed by atoms with van der Waals surface area (Å²) >= 11 is 0. The summed E-state index contributed by atoms with van der Waals surface area (Å²) in [5, 5.41) is 2.30. The molecule has 1 amide bonds. The standard InChI is InChI=1S/C9H15NO4/c1-5(2)7(9(13)14-4)10-8(12)6(3)11/h5,7H,1-4H3,(H,10,12). The first-order valence-electron chi connectivity index (χ1n) is 4.29. The molecule has 1 unspecified atom stereocenters. The van der Waals surface area contributed by atoms with Crippen LogP contribution in [0.3, 0.4) is 0 Å². The molecular formula is C9H15NO4. The van der Waals surface area contributed by atoms with Gasteiger partial charge in [0, 0.05) is 6.92 Å². The lowest BCUT2D eigenvalue weighted by Crippen LogP contribution is -2.47. The highest BCUT2D eigenvalue weighted by Gasteiger charge is 2.25. The Morgan fingerprint density at radius 2 is 1.71 bits per heavy atom. The minimum absolute atomic E-state index is 0.120. The number of amides is 1. The summed E-state index contributed by atoms with van der Waals surface area (Å²) in [6.45, 7) is 4.65. The van der Waals surface area contributed by atoms with E-state index in [0.717, 1.165) is 6.92 Å². The van der Waals surface area contributed by atoms with E-state index in [9.17, 15) is 14.4 Å². The summed E-state index contributed by atoms with van der Waals surface area (Å²) in [5.41, 5.74) is 0. The maximum absolute atomic E-state index is 11.2. The Bertz CT molecular complexity index is 247. The van der Waals surface area contributed by atoms with Crippen LogP contribution >= 0.6 is 0 Å². The van der Waals surface area contributed by atoms with Crippen molar-refractivity contribution >= 4 is 17.7 Å². The van der Waals surface area contributed by atoms with Gasteiger partial charge in [0.1, 0.15) is 6.04 Å². The molecule has 5 nitrogen and oxygen atoms in total. The summed E-state index contributed by atoms with van der Waals surface area (Å²) in [6.07, 6.45) is 0. The van der Waals surface area contributed by atoms with Crippen molar-refractivity contribution in [2.45, 2.75) is 26.8 Å². The predicted molar refractivity (Wildman–Crippen MR) is 49.5 cm³/mol. The molecule has 14 heavy (non-hydrogen) atoms. The van der Waals surface area contributed by atoms with Gasteiger partial charge in [-0.3, -0.25) is 9.59 Å². The first kappa shape index (κ1) is 12.6. The third-order valence-electron chi connectivity index (χ3n) is 1.73. The van der Waals surface area contributed by atoms with Gasteiger partial charge in [0.2, 0.25) is 5.78 Å². The summed E-state index contributed by atoms with van der Waals surface area (Å²) in [4.78, 5) is 32.8. The van der Waals surface area contributed by atoms with Crippen molar-refractivity contribution in [1.82, 2.24) is 5.32 Å².